The second-order valence-electron chi connectivity index (χ2n) is 6.31. The van der Waals surface area contributed by atoms with Gasteiger partial charge in [-0.05, 0) is 24.1 Å². The fraction of sp³-hybridized carbons (Fsp3) is 0.412. The molecule has 1 aliphatic rings. The van der Waals surface area contributed by atoms with E-state index in [1.54, 1.807) is 6.20 Å². The number of hydrogen-bond acceptors (Lipinski definition) is 5. The molecule has 0 radical (unpaired) electrons. The summed E-state index contributed by atoms with van der Waals surface area (Å²) in [5, 5.41) is 13.7. The van der Waals surface area contributed by atoms with Crippen molar-refractivity contribution < 1.29 is 8.42 Å². The van der Waals surface area contributed by atoms with Crippen molar-refractivity contribution in [3.8, 4) is 6.07 Å². The molecule has 132 valence electrons. The lowest BCUT2D eigenvalue weighted by molar-refractivity contribution is 0.162. The number of aromatic nitrogens is 2. The lowest BCUT2D eigenvalue weighted by Gasteiger charge is -2.34. The minimum absolute atomic E-state index is 0.0993. The molecule has 0 saturated carbocycles. The predicted molar refractivity (Wildman–Crippen MR) is 94.0 cm³/mol. The molecule has 2 heterocycles. The SMILES string of the molecule is CS(=O)(=O)NCC[C@@H]1CN(Cc2ccccc2C#N)Cc2ccnn21. The molecule has 0 saturated heterocycles. The Morgan fingerprint density at radius 1 is 1.36 bits per heavy atom. The predicted octanol–water partition coefficient (Wildman–Crippen LogP) is 1.25. The van der Waals surface area contributed by atoms with Crippen molar-refractivity contribution >= 4 is 10.0 Å². The molecule has 1 atom stereocenters. The number of nitrogens with zero attached hydrogens (tertiary/aromatic N) is 4. The summed E-state index contributed by atoms with van der Waals surface area (Å²) in [5.74, 6) is 0. The number of nitrogens with one attached hydrogen (secondary N) is 1. The van der Waals surface area contributed by atoms with Gasteiger partial charge in [0.15, 0.2) is 0 Å². The van der Waals surface area contributed by atoms with E-state index >= 15 is 0 Å². The second kappa shape index (κ2) is 7.35. The van der Waals surface area contributed by atoms with Gasteiger partial charge in [-0.1, -0.05) is 18.2 Å². The van der Waals surface area contributed by atoms with Crippen LogP contribution in [0.15, 0.2) is 36.5 Å². The quantitative estimate of drug-likeness (QED) is 0.838. The van der Waals surface area contributed by atoms with E-state index < -0.39 is 10.0 Å². The van der Waals surface area contributed by atoms with Crippen LogP contribution in [0, 0.1) is 11.3 Å². The van der Waals surface area contributed by atoms with Gasteiger partial charge in [0.1, 0.15) is 0 Å². The number of rotatable bonds is 6. The normalized spacial score (nSPS) is 17.8. The van der Waals surface area contributed by atoms with Crippen molar-refractivity contribution in [2.24, 2.45) is 0 Å². The molecule has 0 bridgehead atoms. The van der Waals surface area contributed by atoms with Crippen LogP contribution in [0.25, 0.3) is 0 Å². The standard InChI is InChI=1S/C17H21N5O2S/c1-25(23,24)20-9-7-17-13-21(12-16-6-8-19-22(16)17)11-15-5-3-2-4-14(15)10-18/h2-6,8,17,20H,7,9,11-13H2,1H3/t17-/m1/s1. The first kappa shape index (κ1) is 17.6. The molecular weight excluding hydrogens is 338 g/mol. The Morgan fingerprint density at radius 2 is 2.16 bits per heavy atom. The van der Waals surface area contributed by atoms with E-state index in [0.29, 0.717) is 25.1 Å². The summed E-state index contributed by atoms with van der Waals surface area (Å²) in [5.41, 5.74) is 2.80. The van der Waals surface area contributed by atoms with Gasteiger partial charge in [0.2, 0.25) is 10.0 Å². The Bertz CT molecular complexity index is 884. The first-order chi connectivity index (χ1) is 12.0. The first-order valence-corrected chi connectivity index (χ1v) is 10.0. The van der Waals surface area contributed by atoms with Crippen LogP contribution in [0.2, 0.25) is 0 Å². The van der Waals surface area contributed by atoms with Gasteiger partial charge in [0.05, 0.1) is 29.6 Å². The fourth-order valence-electron chi connectivity index (χ4n) is 3.22. The number of hydrogen-bond donors (Lipinski definition) is 1. The smallest absolute Gasteiger partial charge is 0.208 e. The van der Waals surface area contributed by atoms with Crippen molar-refractivity contribution in [2.75, 3.05) is 19.3 Å². The molecule has 25 heavy (non-hydrogen) atoms. The Labute approximate surface area is 147 Å². The van der Waals surface area contributed by atoms with Crippen molar-refractivity contribution in [3.63, 3.8) is 0 Å². The molecule has 2 aromatic rings. The third kappa shape index (κ3) is 4.45. The second-order valence-corrected chi connectivity index (χ2v) is 8.15. The van der Waals surface area contributed by atoms with Gasteiger partial charge in [0, 0.05) is 32.4 Å². The number of nitriles is 1. The van der Waals surface area contributed by atoms with E-state index in [0.717, 1.165) is 24.3 Å². The Morgan fingerprint density at radius 3 is 2.92 bits per heavy atom. The zero-order valence-electron chi connectivity index (χ0n) is 14.1. The highest BCUT2D eigenvalue weighted by Gasteiger charge is 2.25. The Kier molecular flexibility index (Phi) is 5.18. The molecule has 0 unspecified atom stereocenters. The van der Waals surface area contributed by atoms with Crippen LogP contribution >= 0.6 is 0 Å². The van der Waals surface area contributed by atoms with Gasteiger partial charge < -0.3 is 0 Å². The van der Waals surface area contributed by atoms with Gasteiger partial charge in [-0.15, -0.1) is 0 Å². The lowest BCUT2D eigenvalue weighted by Crippen LogP contribution is -2.39. The van der Waals surface area contributed by atoms with Gasteiger partial charge in [0.25, 0.3) is 0 Å². The zero-order valence-corrected chi connectivity index (χ0v) is 14.9. The van der Waals surface area contributed by atoms with Crippen LogP contribution in [0.5, 0.6) is 0 Å². The van der Waals surface area contributed by atoms with Crippen LogP contribution in [-0.4, -0.2) is 42.4 Å². The third-order valence-electron chi connectivity index (χ3n) is 4.33. The average Bonchev–Trinajstić information content (AvgIpc) is 3.03. The maximum absolute atomic E-state index is 11.3. The lowest BCUT2D eigenvalue weighted by atomic mass is 10.1. The Hall–Kier alpha value is -2.21. The van der Waals surface area contributed by atoms with Crippen molar-refractivity contribution in [1.29, 1.82) is 5.26 Å². The zero-order chi connectivity index (χ0) is 17.9. The molecule has 1 aromatic carbocycles. The van der Waals surface area contributed by atoms with Crippen LogP contribution in [0.1, 0.15) is 29.3 Å². The van der Waals surface area contributed by atoms with E-state index in [4.69, 9.17) is 0 Å². The topological polar surface area (TPSA) is 91.0 Å². The van der Waals surface area contributed by atoms with E-state index in [2.05, 4.69) is 20.8 Å². The highest BCUT2D eigenvalue weighted by Crippen LogP contribution is 2.24. The molecule has 0 aliphatic carbocycles. The number of fused-ring (bicyclic) bond motifs is 1. The van der Waals surface area contributed by atoms with E-state index in [1.807, 2.05) is 35.0 Å². The Balaban J connectivity index is 1.72. The van der Waals surface area contributed by atoms with Crippen molar-refractivity contribution in [1.82, 2.24) is 19.4 Å². The summed E-state index contributed by atoms with van der Waals surface area (Å²) in [6, 6.07) is 11.9. The van der Waals surface area contributed by atoms with Gasteiger partial charge in [-0.2, -0.15) is 10.4 Å². The summed E-state index contributed by atoms with van der Waals surface area (Å²) in [4.78, 5) is 2.28. The fourth-order valence-corrected chi connectivity index (χ4v) is 3.71. The van der Waals surface area contributed by atoms with E-state index in [9.17, 15) is 13.7 Å². The minimum atomic E-state index is -3.19. The number of benzene rings is 1. The van der Waals surface area contributed by atoms with Crippen molar-refractivity contribution in [2.45, 2.75) is 25.6 Å². The molecule has 1 aliphatic heterocycles. The molecule has 8 heteroatoms. The highest BCUT2D eigenvalue weighted by molar-refractivity contribution is 7.88. The van der Waals surface area contributed by atoms with E-state index in [1.165, 1.54) is 6.26 Å². The highest BCUT2D eigenvalue weighted by atomic mass is 32.2. The third-order valence-corrected chi connectivity index (χ3v) is 5.05. The minimum Gasteiger partial charge on any atom is -0.291 e. The molecule has 1 N–H and O–H groups in total. The largest absolute Gasteiger partial charge is 0.291 e. The molecule has 0 amide bonds. The van der Waals surface area contributed by atoms with Crippen molar-refractivity contribution in [3.05, 3.63) is 53.3 Å². The van der Waals surface area contributed by atoms with Gasteiger partial charge in [-0.25, -0.2) is 13.1 Å². The van der Waals surface area contributed by atoms with Gasteiger partial charge in [-0.3, -0.25) is 9.58 Å². The maximum Gasteiger partial charge on any atom is 0.208 e. The summed E-state index contributed by atoms with van der Waals surface area (Å²) in [7, 11) is -3.19. The molecule has 3 rings (SSSR count). The summed E-state index contributed by atoms with van der Waals surface area (Å²) >= 11 is 0. The number of sulfonamides is 1. The van der Waals surface area contributed by atoms with E-state index in [-0.39, 0.29) is 6.04 Å². The molecule has 0 fully saturated rings. The summed E-state index contributed by atoms with van der Waals surface area (Å²) in [6.45, 7) is 2.59. The molecular formula is C17H21N5O2S. The van der Waals surface area contributed by atoms with Crippen LogP contribution < -0.4 is 4.72 Å². The van der Waals surface area contributed by atoms with Crippen LogP contribution in [0.3, 0.4) is 0 Å². The molecule has 7 nitrogen and oxygen atoms in total. The monoisotopic (exact) mass is 359 g/mol. The first-order valence-electron chi connectivity index (χ1n) is 8.13. The molecule has 0 spiro atoms. The summed E-state index contributed by atoms with van der Waals surface area (Å²) < 4.78 is 27.1. The van der Waals surface area contributed by atoms with Gasteiger partial charge >= 0.3 is 0 Å². The maximum atomic E-state index is 11.3. The van der Waals surface area contributed by atoms with Crippen LogP contribution in [-0.2, 0) is 23.1 Å². The molecule has 1 aromatic heterocycles. The average molecular weight is 359 g/mol. The van der Waals surface area contributed by atoms with Crippen LogP contribution in [0.4, 0.5) is 0 Å². The summed E-state index contributed by atoms with van der Waals surface area (Å²) in [6.07, 6.45) is 3.61.